The van der Waals surface area contributed by atoms with Gasteiger partial charge in [0.25, 0.3) is 11.7 Å². The fourth-order valence-corrected chi connectivity index (χ4v) is 9.55. The monoisotopic (exact) mass is 882 g/mol. The number of methoxy groups -OCH3 is 2. The fraction of sp³-hybridized carbons (Fsp3) is 0.700. The first-order valence-corrected chi connectivity index (χ1v) is 23.1. The first-order valence-electron chi connectivity index (χ1n) is 23.1. The van der Waals surface area contributed by atoms with Crippen molar-refractivity contribution in [1.29, 1.82) is 0 Å². The highest BCUT2D eigenvalue weighted by molar-refractivity contribution is 6.39. The maximum Gasteiger partial charge on any atom is 0.329 e. The fourth-order valence-electron chi connectivity index (χ4n) is 9.55. The van der Waals surface area contributed by atoms with Crippen molar-refractivity contribution in [3.63, 3.8) is 0 Å². The first-order chi connectivity index (χ1) is 29.8. The molecule has 0 aromatic rings. The molecule has 352 valence electrons. The van der Waals surface area contributed by atoms with E-state index in [1.54, 1.807) is 40.9 Å². The van der Waals surface area contributed by atoms with Gasteiger partial charge in [-0.3, -0.25) is 19.2 Å². The summed E-state index contributed by atoms with van der Waals surface area (Å²) in [6.45, 7) is 12.7. The third kappa shape index (κ3) is 14.0. The normalized spacial score (nSPS) is 39.7. The summed E-state index contributed by atoms with van der Waals surface area (Å²) in [4.78, 5) is 71.4. The number of hydrogen-bond acceptors (Lipinski definition) is 12. The van der Waals surface area contributed by atoms with Crippen molar-refractivity contribution in [2.24, 2.45) is 29.6 Å². The Morgan fingerprint density at radius 1 is 0.905 bits per heavy atom. The van der Waals surface area contributed by atoms with Crippen LogP contribution in [0, 0.1) is 29.6 Å². The highest BCUT2D eigenvalue weighted by Gasteiger charge is 2.52. The van der Waals surface area contributed by atoms with Crippen LogP contribution in [0.4, 0.5) is 0 Å². The van der Waals surface area contributed by atoms with Crippen molar-refractivity contribution in [3.05, 3.63) is 59.3 Å². The van der Waals surface area contributed by atoms with Gasteiger partial charge in [0.05, 0.1) is 18.3 Å². The largest absolute Gasteiger partial charge is 0.460 e. The molecule has 13 nitrogen and oxygen atoms in total. The predicted molar refractivity (Wildman–Crippen MR) is 239 cm³/mol. The molecule has 13 heteroatoms. The summed E-state index contributed by atoms with van der Waals surface area (Å²) in [7, 11) is 2.94. The topological polar surface area (TPSA) is 186 Å². The number of ether oxygens (including phenoxy) is 4. The third-order valence-electron chi connectivity index (χ3n) is 13.8. The van der Waals surface area contributed by atoms with Crippen LogP contribution in [0.2, 0.25) is 0 Å². The molecular formula is C50H75NO12. The van der Waals surface area contributed by atoms with Crippen LogP contribution >= 0.6 is 0 Å². The number of nitrogens with zero attached hydrogens (tertiary/aromatic N) is 1. The second-order valence-corrected chi connectivity index (χ2v) is 18.9. The van der Waals surface area contributed by atoms with Gasteiger partial charge in [0.15, 0.2) is 5.78 Å². The van der Waals surface area contributed by atoms with E-state index in [0.717, 1.165) is 17.6 Å². The molecule has 4 rings (SSSR count). The Balaban J connectivity index is 1.69. The number of allylic oxidation sites excluding steroid dienone is 8. The van der Waals surface area contributed by atoms with E-state index in [9.17, 15) is 39.3 Å². The van der Waals surface area contributed by atoms with E-state index in [1.807, 2.05) is 57.2 Å². The van der Waals surface area contributed by atoms with E-state index in [0.29, 0.717) is 63.4 Å². The quantitative estimate of drug-likeness (QED) is 0.155. The predicted octanol–water partition coefficient (Wildman–Crippen LogP) is 6.48. The van der Waals surface area contributed by atoms with Crippen molar-refractivity contribution in [2.45, 2.75) is 174 Å². The van der Waals surface area contributed by atoms with Gasteiger partial charge in [0, 0.05) is 44.9 Å². The Bertz CT molecular complexity index is 1760. The van der Waals surface area contributed by atoms with Crippen LogP contribution < -0.4 is 0 Å². The van der Waals surface area contributed by atoms with Crippen LogP contribution in [0.15, 0.2) is 59.3 Å². The summed E-state index contributed by atoms with van der Waals surface area (Å²) >= 11 is 0. The second-order valence-electron chi connectivity index (χ2n) is 18.9. The smallest absolute Gasteiger partial charge is 0.329 e. The molecule has 0 spiro atoms. The summed E-state index contributed by atoms with van der Waals surface area (Å²) < 4.78 is 23.4. The van der Waals surface area contributed by atoms with Crippen molar-refractivity contribution >= 4 is 29.2 Å². The lowest BCUT2D eigenvalue weighted by atomic mass is 9.78. The van der Waals surface area contributed by atoms with E-state index < -0.39 is 77.8 Å². The summed E-state index contributed by atoms with van der Waals surface area (Å²) in [5.41, 5.74) is 2.27. The Morgan fingerprint density at radius 3 is 2.33 bits per heavy atom. The molecule has 3 N–H and O–H groups in total. The van der Waals surface area contributed by atoms with E-state index >= 15 is 0 Å². The molecule has 0 aromatic heterocycles. The number of carbonyl (C=O) groups excluding carboxylic acids is 5. The molecule has 4 aliphatic rings. The Morgan fingerprint density at radius 2 is 1.63 bits per heavy atom. The maximum atomic E-state index is 14.3. The number of ketones is 3. The molecule has 2 bridgehead atoms. The van der Waals surface area contributed by atoms with Crippen molar-refractivity contribution in [2.75, 3.05) is 20.8 Å². The molecule has 1 aliphatic carbocycles. The number of aliphatic hydroxyl groups excluding tert-OH is 2. The highest BCUT2D eigenvalue weighted by atomic mass is 16.6. The summed E-state index contributed by atoms with van der Waals surface area (Å²) in [6.07, 6.45) is 13.7. The number of amides is 1. The molecule has 3 aliphatic heterocycles. The third-order valence-corrected chi connectivity index (χ3v) is 13.8. The Labute approximate surface area is 375 Å². The number of piperidine rings is 1. The van der Waals surface area contributed by atoms with Gasteiger partial charge < -0.3 is 39.2 Å². The van der Waals surface area contributed by atoms with Gasteiger partial charge in [-0.1, -0.05) is 81.4 Å². The van der Waals surface area contributed by atoms with Crippen LogP contribution in [0.5, 0.6) is 0 Å². The van der Waals surface area contributed by atoms with E-state index in [1.165, 1.54) is 12.0 Å². The zero-order chi connectivity index (χ0) is 46.6. The number of cyclic esters (lactones) is 1. The number of carbonyl (C=O) groups is 5. The number of rotatable bonds is 5. The average molecular weight is 882 g/mol. The number of aliphatic hydroxyl groups is 3. The summed E-state index contributed by atoms with van der Waals surface area (Å²) in [5, 5.41) is 33.6. The van der Waals surface area contributed by atoms with Crippen LogP contribution in [-0.2, 0) is 42.9 Å². The van der Waals surface area contributed by atoms with Gasteiger partial charge in [-0.25, -0.2) is 4.79 Å². The zero-order valence-electron chi connectivity index (χ0n) is 39.1. The molecule has 0 radical (unpaired) electrons. The lowest BCUT2D eigenvalue weighted by Gasteiger charge is -2.42. The van der Waals surface area contributed by atoms with Crippen molar-refractivity contribution in [1.82, 2.24) is 4.90 Å². The van der Waals surface area contributed by atoms with Gasteiger partial charge in [0.1, 0.15) is 30.1 Å². The lowest BCUT2D eigenvalue weighted by molar-refractivity contribution is -0.262. The van der Waals surface area contributed by atoms with Crippen molar-refractivity contribution in [3.8, 4) is 0 Å². The zero-order valence-corrected chi connectivity index (χ0v) is 39.1. The highest BCUT2D eigenvalue weighted by Crippen LogP contribution is 2.37. The summed E-state index contributed by atoms with van der Waals surface area (Å²) in [6, 6.07) is -1.12. The summed E-state index contributed by atoms with van der Waals surface area (Å²) in [5.74, 6) is -7.86. The van der Waals surface area contributed by atoms with E-state index in [2.05, 4.69) is 0 Å². The molecular weight excluding hydrogens is 807 g/mol. The van der Waals surface area contributed by atoms with Crippen LogP contribution in [0.3, 0.4) is 0 Å². The standard InChI is InChI=1S/C50H75NO12/c1-30-15-11-10-12-16-31(2)25-34(5)44(54)46(61-9)45(55)35(6)26-32(3)41(53)29-42(33(4)27-37-20-23-40(52)43(28-37)60-8)62-49(58)39-17-13-14-24-51(39)48(57)47(56)50(59)36(7)19-22-38(63-50)21-18-30/h10-12,15-16,18,26,32-34,36-40,42-43,45-46,52,55,59H,13-14,17,19-25,27-29H2,1-9H3/b12-10+,15-11+,30-18+,31-16+,35-26+/t32-,33-,34-,36-,37+,38-,39+,40-,42+,43-,45-,46+,50-/m1/s1. The molecule has 1 saturated carbocycles. The van der Waals surface area contributed by atoms with Gasteiger partial charge in [-0.05, 0) is 109 Å². The van der Waals surface area contributed by atoms with Crippen molar-refractivity contribution < 1.29 is 58.2 Å². The average Bonchev–Trinajstić information content (AvgIpc) is 3.26. The molecule has 2 saturated heterocycles. The van der Waals surface area contributed by atoms with Crippen LogP contribution in [0.25, 0.3) is 0 Å². The molecule has 0 unspecified atom stereocenters. The minimum atomic E-state index is -2.38. The van der Waals surface area contributed by atoms with E-state index in [-0.39, 0.29) is 48.9 Å². The number of hydrogen-bond donors (Lipinski definition) is 3. The molecule has 1 amide bonds. The minimum absolute atomic E-state index is 0.103. The Hall–Kier alpha value is -3.59. The molecule has 13 atom stereocenters. The van der Waals surface area contributed by atoms with Crippen LogP contribution in [0.1, 0.15) is 126 Å². The number of Topliss-reactive ketones (excluding diaryl/α,β-unsaturated/α-hetero) is 3. The number of esters is 1. The van der Waals surface area contributed by atoms with E-state index in [4.69, 9.17) is 18.9 Å². The molecule has 3 heterocycles. The lowest BCUT2D eigenvalue weighted by Crippen LogP contribution is -2.60. The molecule has 3 fully saturated rings. The van der Waals surface area contributed by atoms with Gasteiger partial charge >= 0.3 is 5.97 Å². The minimum Gasteiger partial charge on any atom is -0.460 e. The second kappa shape index (κ2) is 24.1. The number of fused-ring (bicyclic) bond motifs is 3. The van der Waals surface area contributed by atoms with Gasteiger partial charge in [-0.2, -0.15) is 0 Å². The van der Waals surface area contributed by atoms with Gasteiger partial charge in [0.2, 0.25) is 5.79 Å². The van der Waals surface area contributed by atoms with Crippen LogP contribution in [-0.4, -0.2) is 119 Å². The Kier molecular flexibility index (Phi) is 19.9. The SMILES string of the molecule is CO[C@@H]1C[C@H](C[C@@H](C)[C@@H]2CC(=O)[C@H](C)/C=C(\C)[C@@H](O)[C@@H](OC)C(=O)[C@H](C)C/C(C)=C/C=C/C=C/C(C)=C/C[C@@H]3CC[C@@H](C)[C@@](O)(O3)C(=O)C(=O)N3CCCC[C@H]3C(=O)O2)CC[C@H]1O. The first kappa shape index (κ1) is 52.0. The molecule has 0 aromatic carbocycles. The maximum absolute atomic E-state index is 14.3. The van der Waals surface area contributed by atoms with Gasteiger partial charge in [-0.15, -0.1) is 0 Å². The molecule has 63 heavy (non-hydrogen) atoms.